The number of carbonyl (C=O) groups is 4. The Hall–Kier alpha value is -1.94. The van der Waals surface area contributed by atoms with Crippen molar-refractivity contribution >= 4 is 39.5 Å². The topological polar surface area (TPSA) is 237 Å². The molecule has 19 heteroatoms. The molecule has 3 N–H and O–H groups in total. The number of hydrogen-bond acceptors (Lipinski definition) is 15. The van der Waals surface area contributed by atoms with Gasteiger partial charge in [0.05, 0.1) is 26.4 Å². The smallest absolute Gasteiger partial charge is 0.462 e. The van der Waals surface area contributed by atoms with Gasteiger partial charge in [-0.3, -0.25) is 37.3 Å². The molecule has 0 aliphatic carbocycles. The normalized spacial score (nSPS) is 14.1. The lowest BCUT2D eigenvalue weighted by Crippen LogP contribution is -2.30. The molecule has 0 rings (SSSR count). The molecule has 17 nitrogen and oxygen atoms in total. The first kappa shape index (κ1) is 90.1. The zero-order valence-electron chi connectivity index (χ0n) is 59.9. The Labute approximate surface area is 562 Å². The molecule has 0 saturated carbocycles. The largest absolute Gasteiger partial charge is 0.472 e. The van der Waals surface area contributed by atoms with Crippen molar-refractivity contribution < 1.29 is 80.2 Å². The van der Waals surface area contributed by atoms with Crippen LogP contribution in [0.15, 0.2) is 0 Å². The number of rotatable bonds is 72. The van der Waals surface area contributed by atoms with E-state index in [1.807, 2.05) is 0 Å². The Morgan fingerprint density at radius 1 is 0.293 bits per heavy atom. The minimum atomic E-state index is -4.95. The molecule has 0 aromatic rings. The molecule has 0 aliphatic heterocycles. The van der Waals surface area contributed by atoms with Crippen LogP contribution in [-0.2, 0) is 65.4 Å². The first-order valence-electron chi connectivity index (χ1n) is 38.0. The van der Waals surface area contributed by atoms with Crippen LogP contribution in [0.1, 0.15) is 375 Å². The fourth-order valence-corrected chi connectivity index (χ4v) is 12.7. The maximum Gasteiger partial charge on any atom is 0.472 e. The van der Waals surface area contributed by atoms with Gasteiger partial charge in [0, 0.05) is 25.7 Å². The molecule has 546 valence electrons. The number of phosphoric acid groups is 2. The lowest BCUT2D eigenvalue weighted by molar-refractivity contribution is -0.161. The molecule has 0 saturated heterocycles. The van der Waals surface area contributed by atoms with E-state index in [1.165, 1.54) is 186 Å². The van der Waals surface area contributed by atoms with Crippen LogP contribution in [0.4, 0.5) is 0 Å². The molecule has 5 atom stereocenters. The van der Waals surface area contributed by atoms with Crippen molar-refractivity contribution in [1.82, 2.24) is 0 Å². The van der Waals surface area contributed by atoms with Gasteiger partial charge in [0.15, 0.2) is 12.2 Å². The van der Waals surface area contributed by atoms with Gasteiger partial charge in [0.2, 0.25) is 0 Å². The lowest BCUT2D eigenvalue weighted by atomic mass is 10.0. The Bertz CT molecular complexity index is 1790. The molecule has 2 unspecified atom stereocenters. The second-order valence-corrected chi connectivity index (χ2v) is 30.2. The minimum Gasteiger partial charge on any atom is -0.462 e. The Kier molecular flexibility index (Phi) is 63.7. The van der Waals surface area contributed by atoms with Crippen molar-refractivity contribution in [3.63, 3.8) is 0 Å². The SMILES string of the molecule is CCCCCCCCCCCCC(=O)O[C@H](COC(=O)CCCCCCC)COP(=O)(O)OC[C@H](O)COP(=O)(O)OC[C@@H](COC(=O)CCCCCCCCCCCCCCCCCC(C)C)OC(=O)CCCCCCCCCCCCCCCCCCC(C)C. The quantitative estimate of drug-likeness (QED) is 0.0222. The van der Waals surface area contributed by atoms with E-state index in [2.05, 4.69) is 41.5 Å². The van der Waals surface area contributed by atoms with Gasteiger partial charge in [0.25, 0.3) is 0 Å². The highest BCUT2D eigenvalue weighted by Crippen LogP contribution is 2.45. The standard InChI is InChI=1S/C73H142O17P2/c1-7-9-11-13-14-15-33-39-45-51-57-72(77)89-68(61-83-70(75)55-49-41-12-10-8-2)63-87-91(79,80)85-59-67(74)60-86-92(81,82)88-64-69(62-84-71(76)56-50-44-38-34-29-25-22-18-20-24-28-32-37-43-48-54-66(5)6)90-73(78)58-52-46-40-35-30-26-21-17-16-19-23-27-31-36-42-47-53-65(3)4/h65-69,74H,7-64H2,1-6H3,(H,79,80)(H,81,82)/t67-,68+,69+/m0/s1. The summed E-state index contributed by atoms with van der Waals surface area (Å²) in [7, 11) is -9.89. The summed E-state index contributed by atoms with van der Waals surface area (Å²) in [5, 5.41) is 10.6. The summed E-state index contributed by atoms with van der Waals surface area (Å²) in [5.74, 6) is -0.516. The first-order valence-corrected chi connectivity index (χ1v) is 41.0. The van der Waals surface area contributed by atoms with Crippen LogP contribution in [0.2, 0.25) is 0 Å². The highest BCUT2D eigenvalue weighted by Gasteiger charge is 2.30. The van der Waals surface area contributed by atoms with Gasteiger partial charge in [0.1, 0.15) is 19.3 Å². The van der Waals surface area contributed by atoms with Gasteiger partial charge in [-0.05, 0) is 37.5 Å². The third-order valence-corrected chi connectivity index (χ3v) is 18.9. The molecule has 0 bridgehead atoms. The van der Waals surface area contributed by atoms with Gasteiger partial charge in [-0.1, -0.05) is 324 Å². The summed E-state index contributed by atoms with van der Waals surface area (Å²) < 4.78 is 68.1. The molecular weight excluding hydrogens is 1210 g/mol. The van der Waals surface area contributed by atoms with Crippen molar-refractivity contribution in [3.8, 4) is 0 Å². The fraction of sp³-hybridized carbons (Fsp3) is 0.945. The molecular formula is C73H142O17P2. The van der Waals surface area contributed by atoms with E-state index in [1.54, 1.807) is 0 Å². The van der Waals surface area contributed by atoms with Crippen LogP contribution >= 0.6 is 15.6 Å². The number of phosphoric ester groups is 2. The van der Waals surface area contributed by atoms with Crippen LogP contribution in [0.5, 0.6) is 0 Å². The van der Waals surface area contributed by atoms with Crippen molar-refractivity contribution in [2.24, 2.45) is 11.8 Å². The summed E-state index contributed by atoms with van der Waals surface area (Å²) in [5.41, 5.74) is 0. The highest BCUT2D eigenvalue weighted by molar-refractivity contribution is 7.47. The fourth-order valence-electron chi connectivity index (χ4n) is 11.1. The van der Waals surface area contributed by atoms with E-state index in [0.29, 0.717) is 25.7 Å². The summed E-state index contributed by atoms with van der Waals surface area (Å²) in [6.07, 6.45) is 51.8. The van der Waals surface area contributed by atoms with E-state index >= 15 is 0 Å². The Balaban J connectivity index is 5.13. The minimum absolute atomic E-state index is 0.106. The van der Waals surface area contributed by atoms with Crippen molar-refractivity contribution in [2.45, 2.75) is 394 Å². The van der Waals surface area contributed by atoms with Gasteiger partial charge in [-0.25, -0.2) is 9.13 Å². The van der Waals surface area contributed by atoms with Crippen LogP contribution in [0.3, 0.4) is 0 Å². The van der Waals surface area contributed by atoms with Gasteiger partial charge in [-0.2, -0.15) is 0 Å². The monoisotopic (exact) mass is 1350 g/mol. The number of hydrogen-bond donors (Lipinski definition) is 3. The Morgan fingerprint density at radius 2 is 0.500 bits per heavy atom. The molecule has 92 heavy (non-hydrogen) atoms. The van der Waals surface area contributed by atoms with E-state index < -0.39 is 97.5 Å². The van der Waals surface area contributed by atoms with Crippen LogP contribution in [0, 0.1) is 11.8 Å². The van der Waals surface area contributed by atoms with Gasteiger partial charge >= 0.3 is 39.5 Å². The average molecular weight is 1350 g/mol. The number of aliphatic hydroxyl groups excluding tert-OH is 1. The van der Waals surface area contributed by atoms with Crippen LogP contribution in [0.25, 0.3) is 0 Å². The van der Waals surface area contributed by atoms with E-state index in [0.717, 1.165) is 108 Å². The molecule has 0 spiro atoms. The number of esters is 4. The van der Waals surface area contributed by atoms with Crippen LogP contribution < -0.4 is 0 Å². The van der Waals surface area contributed by atoms with Gasteiger partial charge < -0.3 is 33.8 Å². The number of unbranched alkanes of at least 4 members (excludes halogenated alkanes) is 42. The van der Waals surface area contributed by atoms with E-state index in [9.17, 15) is 43.2 Å². The van der Waals surface area contributed by atoms with Crippen molar-refractivity contribution in [3.05, 3.63) is 0 Å². The maximum atomic E-state index is 13.1. The highest BCUT2D eigenvalue weighted by atomic mass is 31.2. The predicted molar refractivity (Wildman–Crippen MR) is 372 cm³/mol. The summed E-state index contributed by atoms with van der Waals surface area (Å²) in [6.45, 7) is 9.53. The number of aliphatic hydroxyl groups is 1. The Morgan fingerprint density at radius 3 is 0.739 bits per heavy atom. The average Bonchev–Trinajstić information content (AvgIpc) is 3.73. The van der Waals surface area contributed by atoms with Gasteiger partial charge in [-0.15, -0.1) is 0 Å². The van der Waals surface area contributed by atoms with E-state index in [4.69, 9.17) is 37.0 Å². The molecule has 0 aliphatic rings. The second-order valence-electron chi connectivity index (χ2n) is 27.3. The third-order valence-electron chi connectivity index (χ3n) is 17.0. The molecule has 0 fully saturated rings. The van der Waals surface area contributed by atoms with Crippen LogP contribution in [-0.4, -0.2) is 96.7 Å². The molecule has 0 radical (unpaired) electrons. The predicted octanol–water partition coefficient (Wildman–Crippen LogP) is 21.2. The second kappa shape index (κ2) is 65.0. The third kappa shape index (κ3) is 66.7. The lowest BCUT2D eigenvalue weighted by Gasteiger charge is -2.21. The number of ether oxygens (including phenoxy) is 4. The summed E-state index contributed by atoms with van der Waals surface area (Å²) >= 11 is 0. The molecule has 0 amide bonds. The maximum absolute atomic E-state index is 13.1. The zero-order valence-corrected chi connectivity index (χ0v) is 61.6. The molecule has 0 heterocycles. The van der Waals surface area contributed by atoms with Crippen molar-refractivity contribution in [1.29, 1.82) is 0 Å². The van der Waals surface area contributed by atoms with Crippen molar-refractivity contribution in [2.75, 3.05) is 39.6 Å². The first-order chi connectivity index (χ1) is 44.4. The summed E-state index contributed by atoms with van der Waals surface area (Å²) in [6, 6.07) is 0. The zero-order chi connectivity index (χ0) is 67.9. The molecule has 0 aromatic heterocycles. The van der Waals surface area contributed by atoms with E-state index in [-0.39, 0.29) is 25.7 Å². The number of carbonyl (C=O) groups excluding carboxylic acids is 4. The summed E-state index contributed by atoms with van der Waals surface area (Å²) in [4.78, 5) is 72.3. The molecule has 0 aromatic carbocycles.